The van der Waals surface area contributed by atoms with Gasteiger partial charge in [0.25, 0.3) is 5.91 Å². The van der Waals surface area contributed by atoms with E-state index >= 15 is 0 Å². The van der Waals surface area contributed by atoms with Crippen LogP contribution in [0.3, 0.4) is 0 Å². The fourth-order valence-corrected chi connectivity index (χ4v) is 2.16. The molecule has 0 atom stereocenters. The number of nitrogens with one attached hydrogen (secondary N) is 1. The number of nitrogens with zero attached hydrogens (tertiary/aromatic N) is 1. The maximum Gasteiger partial charge on any atom is 0.319 e. The maximum atomic E-state index is 11.3. The fourth-order valence-electron chi connectivity index (χ4n) is 1.48. The maximum absolute atomic E-state index is 11.3. The number of anilines is 2. The van der Waals surface area contributed by atoms with Crippen LogP contribution >= 0.6 is 10.7 Å². The molecule has 6 nitrogen and oxygen atoms in total. The van der Waals surface area contributed by atoms with Crippen LogP contribution in [-0.2, 0) is 14.0 Å². The van der Waals surface area contributed by atoms with Crippen molar-refractivity contribution in [2.45, 2.75) is 0 Å². The molecule has 1 N–H and O–H groups in total. The van der Waals surface area contributed by atoms with E-state index in [1.54, 1.807) is 13.1 Å². The zero-order valence-corrected chi connectivity index (χ0v) is 10.4. The molecule has 0 aliphatic carbocycles. The highest BCUT2D eigenvalue weighted by molar-refractivity contribution is 8.14. The fraction of sp³-hybridized carbons (Fsp3) is 0.222. The second kappa shape index (κ2) is 4.08. The number of ether oxygens (including phenoxy) is 1. The first-order chi connectivity index (χ1) is 7.87. The third kappa shape index (κ3) is 2.62. The summed E-state index contributed by atoms with van der Waals surface area (Å²) < 4.78 is 29.0. The minimum Gasteiger partial charge on any atom is -0.481 e. The third-order valence-corrected chi connectivity index (χ3v) is 3.00. The molecule has 0 saturated heterocycles. The number of hydrogen-bond donors (Lipinski definition) is 1. The lowest BCUT2D eigenvalue weighted by Gasteiger charge is -2.26. The van der Waals surface area contributed by atoms with E-state index in [0.717, 1.165) is 0 Å². The van der Waals surface area contributed by atoms with Crippen molar-refractivity contribution < 1.29 is 17.9 Å². The molecule has 1 aliphatic heterocycles. The van der Waals surface area contributed by atoms with Gasteiger partial charge < -0.3 is 9.64 Å². The van der Waals surface area contributed by atoms with Crippen LogP contribution in [0.5, 0.6) is 5.75 Å². The van der Waals surface area contributed by atoms with Gasteiger partial charge in [0.05, 0.1) is 11.4 Å². The first kappa shape index (κ1) is 12.0. The van der Waals surface area contributed by atoms with Gasteiger partial charge in [-0.15, -0.1) is 0 Å². The highest BCUT2D eigenvalue weighted by Gasteiger charge is 2.22. The molecule has 0 fully saturated rings. The quantitative estimate of drug-likeness (QED) is 0.816. The molecule has 0 saturated carbocycles. The Morgan fingerprint density at radius 3 is 2.82 bits per heavy atom. The predicted octanol–water partition coefficient (Wildman–Crippen LogP) is 0.937. The molecule has 0 aromatic heterocycles. The first-order valence-corrected chi connectivity index (χ1v) is 6.93. The minimum atomic E-state index is -3.84. The van der Waals surface area contributed by atoms with Crippen LogP contribution in [0.2, 0.25) is 0 Å². The molecule has 0 radical (unpaired) electrons. The predicted molar refractivity (Wildman–Crippen MR) is 63.7 cm³/mol. The Morgan fingerprint density at radius 2 is 2.18 bits per heavy atom. The minimum absolute atomic E-state index is 0.0689. The number of amides is 1. The number of benzene rings is 1. The zero-order valence-electron chi connectivity index (χ0n) is 8.81. The van der Waals surface area contributed by atoms with E-state index in [9.17, 15) is 13.2 Å². The second-order valence-electron chi connectivity index (χ2n) is 3.46. The normalized spacial score (nSPS) is 15.2. The van der Waals surface area contributed by atoms with Gasteiger partial charge in [-0.05, 0) is 12.1 Å². The van der Waals surface area contributed by atoms with Crippen LogP contribution in [0.25, 0.3) is 0 Å². The van der Waals surface area contributed by atoms with Gasteiger partial charge in [-0.25, -0.2) is 0 Å². The summed E-state index contributed by atoms with van der Waals surface area (Å²) in [6.07, 6.45) is 0. The Kier molecular flexibility index (Phi) is 2.88. The molecule has 1 aliphatic rings. The van der Waals surface area contributed by atoms with Gasteiger partial charge in [0, 0.05) is 23.8 Å². The Balaban J connectivity index is 2.36. The van der Waals surface area contributed by atoms with E-state index in [0.29, 0.717) is 11.4 Å². The van der Waals surface area contributed by atoms with Crippen LogP contribution in [0, 0.1) is 0 Å². The lowest BCUT2D eigenvalue weighted by Crippen LogP contribution is -2.35. The SMILES string of the molecule is CN1C(=O)COc2cc(NS(=O)(=O)Cl)ccc21. The van der Waals surface area contributed by atoms with Crippen LogP contribution in [0.1, 0.15) is 0 Å². The highest BCUT2D eigenvalue weighted by Crippen LogP contribution is 2.33. The van der Waals surface area contributed by atoms with Crippen LogP contribution in [0.15, 0.2) is 18.2 Å². The molecule has 1 aromatic rings. The number of rotatable bonds is 2. The molecule has 0 bridgehead atoms. The molecule has 1 heterocycles. The van der Waals surface area contributed by atoms with E-state index in [-0.39, 0.29) is 18.2 Å². The molecule has 2 rings (SSSR count). The van der Waals surface area contributed by atoms with Crippen molar-refractivity contribution in [1.29, 1.82) is 0 Å². The Hall–Kier alpha value is -1.47. The number of carbonyl (C=O) groups is 1. The lowest BCUT2D eigenvalue weighted by atomic mass is 10.2. The van der Waals surface area contributed by atoms with E-state index in [1.165, 1.54) is 17.0 Å². The van der Waals surface area contributed by atoms with Gasteiger partial charge in [0.15, 0.2) is 6.61 Å². The first-order valence-electron chi connectivity index (χ1n) is 4.62. The summed E-state index contributed by atoms with van der Waals surface area (Å²) in [5.74, 6) is 0.264. The van der Waals surface area contributed by atoms with E-state index < -0.39 is 9.24 Å². The third-order valence-electron chi connectivity index (χ3n) is 2.29. The monoisotopic (exact) mass is 276 g/mol. The molecule has 0 spiro atoms. The lowest BCUT2D eigenvalue weighted by molar-refractivity contribution is -0.120. The van der Waals surface area contributed by atoms with Crippen molar-refractivity contribution in [3.8, 4) is 5.75 Å². The van der Waals surface area contributed by atoms with Crippen LogP contribution < -0.4 is 14.4 Å². The van der Waals surface area contributed by atoms with Crippen molar-refractivity contribution in [1.82, 2.24) is 0 Å². The largest absolute Gasteiger partial charge is 0.481 e. The van der Waals surface area contributed by atoms with Crippen LogP contribution in [0.4, 0.5) is 11.4 Å². The van der Waals surface area contributed by atoms with Crippen molar-refractivity contribution in [3.63, 3.8) is 0 Å². The highest BCUT2D eigenvalue weighted by atomic mass is 35.7. The zero-order chi connectivity index (χ0) is 12.6. The smallest absolute Gasteiger partial charge is 0.319 e. The molecular formula is C9H9ClN2O4S. The number of fused-ring (bicyclic) bond motifs is 1. The summed E-state index contributed by atoms with van der Waals surface area (Å²) in [4.78, 5) is 12.8. The van der Waals surface area contributed by atoms with E-state index in [1.807, 2.05) is 0 Å². The summed E-state index contributed by atoms with van der Waals surface area (Å²) in [5.41, 5.74) is 0.861. The molecule has 8 heteroatoms. The van der Waals surface area contributed by atoms with Gasteiger partial charge in [-0.3, -0.25) is 9.52 Å². The summed E-state index contributed by atoms with van der Waals surface area (Å²) in [6, 6.07) is 4.55. The Labute approximate surface area is 103 Å². The molecular weight excluding hydrogens is 268 g/mol. The Morgan fingerprint density at radius 1 is 1.47 bits per heavy atom. The average Bonchev–Trinajstić information content (AvgIpc) is 2.21. The van der Waals surface area contributed by atoms with Crippen molar-refractivity contribution in [2.24, 2.45) is 0 Å². The van der Waals surface area contributed by atoms with Crippen molar-refractivity contribution in [2.75, 3.05) is 23.3 Å². The van der Waals surface area contributed by atoms with Gasteiger partial charge in [-0.2, -0.15) is 8.42 Å². The van der Waals surface area contributed by atoms with Crippen molar-refractivity contribution >= 4 is 37.2 Å². The standard InChI is InChI=1S/C9H9ClN2O4S/c1-12-7-3-2-6(11-17(10,14)15)4-8(7)16-5-9(12)13/h2-4,11H,5H2,1H3. The Bertz CT molecular complexity index is 572. The molecule has 1 aromatic carbocycles. The van der Waals surface area contributed by atoms with Gasteiger partial charge in [0.1, 0.15) is 5.75 Å². The topological polar surface area (TPSA) is 75.7 Å². The number of carbonyl (C=O) groups excluding carboxylic acids is 1. The number of likely N-dealkylation sites (N-methyl/N-ethyl adjacent to an activating group) is 1. The van der Waals surface area contributed by atoms with E-state index in [4.69, 9.17) is 15.4 Å². The van der Waals surface area contributed by atoms with Crippen molar-refractivity contribution in [3.05, 3.63) is 18.2 Å². The van der Waals surface area contributed by atoms with Gasteiger partial charge in [-0.1, -0.05) is 0 Å². The van der Waals surface area contributed by atoms with Gasteiger partial charge >= 0.3 is 9.24 Å². The molecule has 1 amide bonds. The summed E-state index contributed by atoms with van der Waals surface area (Å²) in [7, 11) is 2.84. The second-order valence-corrected chi connectivity index (χ2v) is 5.76. The van der Waals surface area contributed by atoms with Gasteiger partial charge in [0.2, 0.25) is 0 Å². The summed E-state index contributed by atoms with van der Waals surface area (Å²) >= 11 is 0. The molecule has 92 valence electrons. The van der Waals surface area contributed by atoms with Crippen LogP contribution in [-0.4, -0.2) is 28.0 Å². The number of halogens is 1. The number of hydrogen-bond acceptors (Lipinski definition) is 4. The van der Waals surface area contributed by atoms with E-state index in [2.05, 4.69) is 4.72 Å². The average molecular weight is 277 g/mol. The molecule has 0 unspecified atom stereocenters. The molecule has 17 heavy (non-hydrogen) atoms. The summed E-state index contributed by atoms with van der Waals surface area (Å²) in [5, 5.41) is 0. The summed E-state index contributed by atoms with van der Waals surface area (Å²) in [6.45, 7) is -0.0689.